The second-order valence-electron chi connectivity index (χ2n) is 5.06. The summed E-state index contributed by atoms with van der Waals surface area (Å²) in [7, 11) is 0. The summed E-state index contributed by atoms with van der Waals surface area (Å²) in [4.78, 5) is 0. The van der Waals surface area contributed by atoms with Crippen LogP contribution in [0.1, 0.15) is 36.8 Å². The molecule has 106 valence electrons. The third-order valence-electron chi connectivity index (χ3n) is 3.65. The van der Waals surface area contributed by atoms with Crippen molar-refractivity contribution in [3.8, 4) is 0 Å². The van der Waals surface area contributed by atoms with E-state index in [9.17, 15) is 17.6 Å². The van der Waals surface area contributed by atoms with Crippen LogP contribution in [0.3, 0.4) is 0 Å². The summed E-state index contributed by atoms with van der Waals surface area (Å²) in [6.45, 7) is 0.835. The van der Waals surface area contributed by atoms with Crippen molar-refractivity contribution >= 4 is 0 Å². The van der Waals surface area contributed by atoms with E-state index in [0.717, 1.165) is 18.4 Å². The quantitative estimate of drug-likeness (QED) is 0.629. The Labute approximate surface area is 110 Å². The SMILES string of the molecule is Fc1ccc(CNCCC2CCC2)c(C(F)(F)F)c1. The summed E-state index contributed by atoms with van der Waals surface area (Å²) < 4.78 is 51.1. The molecular formula is C14H17F4N. The van der Waals surface area contributed by atoms with E-state index in [2.05, 4.69) is 5.32 Å². The van der Waals surface area contributed by atoms with Crippen molar-refractivity contribution in [2.45, 2.75) is 38.4 Å². The molecule has 0 atom stereocenters. The van der Waals surface area contributed by atoms with E-state index in [1.807, 2.05) is 0 Å². The van der Waals surface area contributed by atoms with Gasteiger partial charge in [-0.1, -0.05) is 25.3 Å². The number of benzene rings is 1. The predicted molar refractivity (Wildman–Crippen MR) is 65.1 cm³/mol. The minimum absolute atomic E-state index is 0.0995. The monoisotopic (exact) mass is 275 g/mol. The molecule has 19 heavy (non-hydrogen) atoms. The van der Waals surface area contributed by atoms with E-state index < -0.39 is 17.6 Å². The van der Waals surface area contributed by atoms with Crippen LogP contribution < -0.4 is 5.32 Å². The van der Waals surface area contributed by atoms with Gasteiger partial charge < -0.3 is 5.32 Å². The Hall–Kier alpha value is -1.10. The topological polar surface area (TPSA) is 12.0 Å². The molecule has 0 aromatic heterocycles. The van der Waals surface area contributed by atoms with Crippen LogP contribution in [-0.4, -0.2) is 6.54 Å². The molecule has 0 aliphatic heterocycles. The molecule has 1 aliphatic carbocycles. The molecule has 0 unspecified atom stereocenters. The van der Waals surface area contributed by atoms with Crippen LogP contribution in [0.4, 0.5) is 17.6 Å². The molecule has 0 spiro atoms. The largest absolute Gasteiger partial charge is 0.416 e. The fourth-order valence-corrected chi connectivity index (χ4v) is 2.28. The van der Waals surface area contributed by atoms with Crippen LogP contribution in [0.5, 0.6) is 0 Å². The molecule has 1 aliphatic rings. The van der Waals surface area contributed by atoms with Gasteiger partial charge in [0.1, 0.15) is 5.82 Å². The molecule has 0 heterocycles. The molecule has 1 fully saturated rings. The third kappa shape index (κ3) is 3.93. The van der Waals surface area contributed by atoms with Crippen LogP contribution in [-0.2, 0) is 12.7 Å². The summed E-state index contributed by atoms with van der Waals surface area (Å²) in [5, 5.41) is 3.01. The van der Waals surface area contributed by atoms with Crippen LogP contribution in [0.15, 0.2) is 18.2 Å². The average Bonchev–Trinajstić information content (AvgIpc) is 2.26. The van der Waals surface area contributed by atoms with Crippen molar-refractivity contribution in [2.75, 3.05) is 6.54 Å². The van der Waals surface area contributed by atoms with E-state index >= 15 is 0 Å². The van der Waals surface area contributed by atoms with Gasteiger partial charge in [0.05, 0.1) is 5.56 Å². The molecule has 1 aromatic rings. The maximum absolute atomic E-state index is 12.9. The van der Waals surface area contributed by atoms with E-state index in [1.165, 1.54) is 25.3 Å². The standard InChI is InChI=1S/C14H17F4N/c15-12-5-4-11(13(8-12)14(16,17)18)9-19-7-6-10-2-1-3-10/h4-5,8,10,19H,1-3,6-7,9H2. The zero-order chi connectivity index (χ0) is 13.9. The van der Waals surface area contributed by atoms with Crippen molar-refractivity contribution in [3.05, 3.63) is 35.1 Å². The number of rotatable bonds is 5. The minimum Gasteiger partial charge on any atom is -0.313 e. The van der Waals surface area contributed by atoms with Gasteiger partial charge in [-0.05, 0) is 36.6 Å². The molecule has 0 bridgehead atoms. The van der Waals surface area contributed by atoms with Gasteiger partial charge in [0.15, 0.2) is 0 Å². The molecule has 2 rings (SSSR count). The Kier molecular flexibility index (Phi) is 4.45. The van der Waals surface area contributed by atoms with Crippen LogP contribution >= 0.6 is 0 Å². The lowest BCUT2D eigenvalue weighted by molar-refractivity contribution is -0.138. The van der Waals surface area contributed by atoms with Crippen molar-refractivity contribution in [3.63, 3.8) is 0 Å². The molecule has 5 heteroatoms. The summed E-state index contributed by atoms with van der Waals surface area (Å²) in [6.07, 6.45) is 0.217. The fourth-order valence-electron chi connectivity index (χ4n) is 2.28. The van der Waals surface area contributed by atoms with Crippen molar-refractivity contribution in [2.24, 2.45) is 5.92 Å². The Morgan fingerprint density at radius 2 is 1.95 bits per heavy atom. The van der Waals surface area contributed by atoms with E-state index in [1.54, 1.807) is 0 Å². The van der Waals surface area contributed by atoms with Crippen molar-refractivity contribution < 1.29 is 17.6 Å². The molecule has 1 N–H and O–H groups in total. The Balaban J connectivity index is 1.91. The summed E-state index contributed by atoms with van der Waals surface area (Å²) >= 11 is 0. The lowest BCUT2D eigenvalue weighted by atomic mass is 9.83. The first-order chi connectivity index (χ1) is 8.97. The van der Waals surface area contributed by atoms with Gasteiger partial charge in [-0.3, -0.25) is 0 Å². The predicted octanol–water partition coefficient (Wildman–Crippen LogP) is 4.12. The van der Waals surface area contributed by atoms with Crippen LogP contribution in [0, 0.1) is 11.7 Å². The maximum Gasteiger partial charge on any atom is 0.416 e. The molecule has 0 saturated heterocycles. The first kappa shape index (κ1) is 14.3. The van der Waals surface area contributed by atoms with E-state index in [4.69, 9.17) is 0 Å². The normalized spacial score (nSPS) is 16.4. The van der Waals surface area contributed by atoms with Gasteiger partial charge in [0, 0.05) is 6.54 Å². The lowest BCUT2D eigenvalue weighted by Crippen LogP contribution is -2.22. The number of hydrogen-bond acceptors (Lipinski definition) is 1. The van der Waals surface area contributed by atoms with E-state index in [0.29, 0.717) is 12.6 Å². The van der Waals surface area contributed by atoms with Gasteiger partial charge >= 0.3 is 6.18 Å². The van der Waals surface area contributed by atoms with Crippen molar-refractivity contribution in [1.29, 1.82) is 0 Å². The first-order valence-corrected chi connectivity index (χ1v) is 6.53. The van der Waals surface area contributed by atoms with Crippen LogP contribution in [0.25, 0.3) is 0 Å². The number of halogens is 4. The number of alkyl halides is 3. The fraction of sp³-hybridized carbons (Fsp3) is 0.571. The van der Waals surface area contributed by atoms with Gasteiger partial charge in [-0.2, -0.15) is 13.2 Å². The molecule has 1 aromatic carbocycles. The third-order valence-corrected chi connectivity index (χ3v) is 3.65. The number of nitrogens with one attached hydrogen (secondary N) is 1. The van der Waals surface area contributed by atoms with E-state index in [-0.39, 0.29) is 12.1 Å². The Morgan fingerprint density at radius 1 is 1.21 bits per heavy atom. The first-order valence-electron chi connectivity index (χ1n) is 6.53. The second-order valence-corrected chi connectivity index (χ2v) is 5.06. The number of hydrogen-bond donors (Lipinski definition) is 1. The zero-order valence-corrected chi connectivity index (χ0v) is 10.6. The lowest BCUT2D eigenvalue weighted by Gasteiger charge is -2.25. The van der Waals surface area contributed by atoms with Gasteiger partial charge in [-0.15, -0.1) is 0 Å². The second kappa shape index (κ2) is 5.90. The summed E-state index contributed by atoms with van der Waals surface area (Å²) in [5.74, 6) is -0.131. The summed E-state index contributed by atoms with van der Waals surface area (Å²) in [6, 6.07) is 2.83. The zero-order valence-electron chi connectivity index (χ0n) is 10.6. The van der Waals surface area contributed by atoms with Crippen molar-refractivity contribution in [1.82, 2.24) is 5.32 Å². The Bertz CT molecular complexity index is 424. The highest BCUT2D eigenvalue weighted by Gasteiger charge is 2.33. The highest BCUT2D eigenvalue weighted by atomic mass is 19.4. The molecule has 0 radical (unpaired) electrons. The maximum atomic E-state index is 12.9. The van der Waals surface area contributed by atoms with Crippen LogP contribution in [0.2, 0.25) is 0 Å². The highest BCUT2D eigenvalue weighted by Crippen LogP contribution is 2.32. The molecule has 0 amide bonds. The summed E-state index contributed by atoms with van der Waals surface area (Å²) in [5.41, 5.74) is -0.786. The van der Waals surface area contributed by atoms with Gasteiger partial charge in [-0.25, -0.2) is 4.39 Å². The molecular weight excluding hydrogens is 258 g/mol. The average molecular weight is 275 g/mol. The van der Waals surface area contributed by atoms with Gasteiger partial charge in [0.25, 0.3) is 0 Å². The molecule has 1 nitrogen and oxygen atoms in total. The smallest absolute Gasteiger partial charge is 0.313 e. The Morgan fingerprint density at radius 3 is 2.53 bits per heavy atom. The highest BCUT2D eigenvalue weighted by molar-refractivity contribution is 5.30. The van der Waals surface area contributed by atoms with Gasteiger partial charge in [0.2, 0.25) is 0 Å². The minimum atomic E-state index is -4.51. The molecule has 1 saturated carbocycles.